The van der Waals surface area contributed by atoms with E-state index in [2.05, 4.69) is 25.7 Å². The van der Waals surface area contributed by atoms with Gasteiger partial charge in [-0.25, -0.2) is 0 Å². The molecule has 0 spiro atoms. The minimum absolute atomic E-state index is 0.124. The lowest BCUT2D eigenvalue weighted by molar-refractivity contribution is -0.116. The minimum Gasteiger partial charge on any atom is -0.303 e. The summed E-state index contributed by atoms with van der Waals surface area (Å²) >= 11 is 0. The molecule has 0 amide bonds. The topological polar surface area (TPSA) is 20.3 Å². The standard InChI is InChI=1S/C15H29NO/c1-4-9-15(3,13-17)12-16-10-6-7-14(5-2)8-11-16/h13-14H,4-12H2,1-3H3. The van der Waals surface area contributed by atoms with Crippen LogP contribution < -0.4 is 0 Å². The summed E-state index contributed by atoms with van der Waals surface area (Å²) < 4.78 is 0. The van der Waals surface area contributed by atoms with Crippen molar-refractivity contribution in [3.8, 4) is 0 Å². The summed E-state index contributed by atoms with van der Waals surface area (Å²) in [5.74, 6) is 0.911. The van der Waals surface area contributed by atoms with Gasteiger partial charge in [-0.1, -0.05) is 33.6 Å². The Bertz CT molecular complexity index is 229. The largest absolute Gasteiger partial charge is 0.303 e. The maximum absolute atomic E-state index is 11.3. The number of carbonyl (C=O) groups excluding carboxylic acids is 1. The van der Waals surface area contributed by atoms with E-state index in [1.54, 1.807) is 0 Å². The number of hydrogen-bond donors (Lipinski definition) is 0. The molecule has 0 N–H and O–H groups in total. The van der Waals surface area contributed by atoms with E-state index in [9.17, 15) is 4.79 Å². The van der Waals surface area contributed by atoms with Crippen LogP contribution in [0, 0.1) is 11.3 Å². The van der Waals surface area contributed by atoms with E-state index in [-0.39, 0.29) is 5.41 Å². The summed E-state index contributed by atoms with van der Waals surface area (Å²) in [5, 5.41) is 0. The molecule has 1 heterocycles. The Kier molecular flexibility index (Phi) is 6.18. The summed E-state index contributed by atoms with van der Waals surface area (Å²) in [6, 6.07) is 0. The third-order valence-corrected chi connectivity index (χ3v) is 4.21. The van der Waals surface area contributed by atoms with Gasteiger partial charge in [0.15, 0.2) is 0 Å². The third kappa shape index (κ3) is 4.79. The van der Waals surface area contributed by atoms with Gasteiger partial charge < -0.3 is 9.69 Å². The van der Waals surface area contributed by atoms with Gasteiger partial charge in [0.2, 0.25) is 0 Å². The number of likely N-dealkylation sites (tertiary alicyclic amines) is 1. The van der Waals surface area contributed by atoms with Crippen molar-refractivity contribution in [2.75, 3.05) is 19.6 Å². The van der Waals surface area contributed by atoms with Gasteiger partial charge in [-0.05, 0) is 44.7 Å². The zero-order valence-corrected chi connectivity index (χ0v) is 11.9. The zero-order chi connectivity index (χ0) is 12.7. The molecule has 0 aromatic rings. The van der Waals surface area contributed by atoms with E-state index >= 15 is 0 Å². The second-order valence-corrected chi connectivity index (χ2v) is 6.00. The van der Waals surface area contributed by atoms with Gasteiger partial charge in [-0.2, -0.15) is 0 Å². The summed E-state index contributed by atoms with van der Waals surface area (Å²) in [6.07, 6.45) is 8.60. The van der Waals surface area contributed by atoms with Crippen molar-refractivity contribution < 1.29 is 4.79 Å². The van der Waals surface area contributed by atoms with Crippen molar-refractivity contribution in [3.63, 3.8) is 0 Å². The number of rotatable bonds is 6. The van der Waals surface area contributed by atoms with Crippen molar-refractivity contribution in [1.82, 2.24) is 4.90 Å². The number of aldehydes is 1. The molecule has 1 aliphatic heterocycles. The second-order valence-electron chi connectivity index (χ2n) is 6.00. The van der Waals surface area contributed by atoms with Crippen molar-refractivity contribution in [3.05, 3.63) is 0 Å². The number of carbonyl (C=O) groups is 1. The Morgan fingerprint density at radius 3 is 2.65 bits per heavy atom. The van der Waals surface area contributed by atoms with Crippen molar-refractivity contribution in [1.29, 1.82) is 0 Å². The van der Waals surface area contributed by atoms with Crippen LogP contribution in [0.4, 0.5) is 0 Å². The zero-order valence-electron chi connectivity index (χ0n) is 11.9. The average molecular weight is 239 g/mol. The molecular weight excluding hydrogens is 210 g/mol. The molecule has 0 aliphatic carbocycles. The molecule has 2 unspecified atom stereocenters. The predicted molar refractivity (Wildman–Crippen MR) is 73.2 cm³/mol. The van der Waals surface area contributed by atoms with Crippen LogP contribution in [0.15, 0.2) is 0 Å². The lowest BCUT2D eigenvalue weighted by atomic mass is 9.86. The van der Waals surface area contributed by atoms with Gasteiger partial charge in [0.1, 0.15) is 6.29 Å². The maximum Gasteiger partial charge on any atom is 0.127 e. The molecule has 0 aromatic heterocycles. The molecule has 1 fully saturated rings. The Balaban J connectivity index is 2.47. The molecule has 1 rings (SSSR count). The molecule has 17 heavy (non-hydrogen) atoms. The number of hydrogen-bond acceptors (Lipinski definition) is 2. The highest BCUT2D eigenvalue weighted by Gasteiger charge is 2.27. The fourth-order valence-corrected chi connectivity index (χ4v) is 3.05. The van der Waals surface area contributed by atoms with Crippen LogP contribution in [0.2, 0.25) is 0 Å². The molecule has 0 aromatic carbocycles. The Morgan fingerprint density at radius 2 is 2.06 bits per heavy atom. The van der Waals surface area contributed by atoms with Crippen molar-refractivity contribution in [2.24, 2.45) is 11.3 Å². The molecule has 1 saturated heterocycles. The molecule has 1 aliphatic rings. The van der Waals surface area contributed by atoms with Crippen LogP contribution in [-0.4, -0.2) is 30.8 Å². The highest BCUT2D eigenvalue weighted by molar-refractivity contribution is 5.58. The van der Waals surface area contributed by atoms with E-state index in [1.807, 2.05) is 0 Å². The SMILES string of the molecule is CCCC(C)(C=O)CN1CCCC(CC)CC1. The molecule has 2 nitrogen and oxygen atoms in total. The van der Waals surface area contributed by atoms with Crippen LogP contribution in [0.5, 0.6) is 0 Å². The number of nitrogens with zero attached hydrogens (tertiary/aromatic N) is 1. The van der Waals surface area contributed by atoms with Crippen molar-refractivity contribution in [2.45, 2.75) is 59.3 Å². The van der Waals surface area contributed by atoms with E-state index in [1.165, 1.54) is 45.1 Å². The Hall–Kier alpha value is -0.370. The van der Waals surface area contributed by atoms with Gasteiger partial charge >= 0.3 is 0 Å². The highest BCUT2D eigenvalue weighted by Crippen LogP contribution is 2.25. The minimum atomic E-state index is -0.124. The van der Waals surface area contributed by atoms with Gasteiger partial charge in [0, 0.05) is 12.0 Å². The van der Waals surface area contributed by atoms with E-state index < -0.39 is 0 Å². The van der Waals surface area contributed by atoms with Gasteiger partial charge in [0.05, 0.1) is 0 Å². The molecule has 2 atom stereocenters. The first-order chi connectivity index (χ1) is 8.13. The van der Waals surface area contributed by atoms with Crippen molar-refractivity contribution >= 4 is 6.29 Å². The Labute approximate surface area is 107 Å². The van der Waals surface area contributed by atoms with Crippen LogP contribution in [0.3, 0.4) is 0 Å². The first-order valence-electron chi connectivity index (χ1n) is 7.32. The second kappa shape index (κ2) is 7.15. The average Bonchev–Trinajstić information content (AvgIpc) is 2.54. The van der Waals surface area contributed by atoms with Crippen LogP contribution in [0.25, 0.3) is 0 Å². The molecule has 0 radical (unpaired) electrons. The quantitative estimate of drug-likeness (QED) is 0.661. The fourth-order valence-electron chi connectivity index (χ4n) is 3.05. The normalized spacial score (nSPS) is 26.2. The maximum atomic E-state index is 11.3. The van der Waals surface area contributed by atoms with E-state index in [0.717, 1.165) is 25.3 Å². The van der Waals surface area contributed by atoms with Gasteiger partial charge in [-0.3, -0.25) is 0 Å². The summed E-state index contributed by atoms with van der Waals surface area (Å²) in [5.41, 5.74) is -0.124. The summed E-state index contributed by atoms with van der Waals surface area (Å²) in [7, 11) is 0. The highest BCUT2D eigenvalue weighted by atomic mass is 16.1. The predicted octanol–water partition coefficient (Wildman–Crippen LogP) is 3.50. The third-order valence-electron chi connectivity index (χ3n) is 4.21. The fraction of sp³-hybridized carbons (Fsp3) is 0.933. The Morgan fingerprint density at radius 1 is 1.29 bits per heavy atom. The smallest absolute Gasteiger partial charge is 0.127 e. The summed E-state index contributed by atoms with van der Waals surface area (Å²) in [4.78, 5) is 13.8. The lowest BCUT2D eigenvalue weighted by Gasteiger charge is -2.30. The van der Waals surface area contributed by atoms with Gasteiger partial charge in [-0.15, -0.1) is 0 Å². The molecule has 0 saturated carbocycles. The van der Waals surface area contributed by atoms with E-state index in [4.69, 9.17) is 0 Å². The monoisotopic (exact) mass is 239 g/mol. The van der Waals surface area contributed by atoms with Crippen LogP contribution in [-0.2, 0) is 4.79 Å². The first-order valence-corrected chi connectivity index (χ1v) is 7.32. The van der Waals surface area contributed by atoms with Crippen LogP contribution in [0.1, 0.15) is 59.3 Å². The van der Waals surface area contributed by atoms with E-state index in [0.29, 0.717) is 0 Å². The van der Waals surface area contributed by atoms with Crippen LogP contribution >= 0.6 is 0 Å². The molecule has 100 valence electrons. The molecular formula is C15H29NO. The van der Waals surface area contributed by atoms with Gasteiger partial charge in [0.25, 0.3) is 0 Å². The molecule has 0 bridgehead atoms. The first kappa shape index (κ1) is 14.7. The molecule has 2 heteroatoms. The lowest BCUT2D eigenvalue weighted by Crippen LogP contribution is -2.37. The summed E-state index contributed by atoms with van der Waals surface area (Å²) in [6.45, 7) is 9.91.